The molecule has 6 aromatic carbocycles. The first-order valence-corrected chi connectivity index (χ1v) is 22.3. The molecule has 0 radical (unpaired) electrons. The van der Waals surface area contributed by atoms with Crippen molar-refractivity contribution in [3.05, 3.63) is 114 Å². The SMILES string of the molecule is CC(C)(C)c1ccc2c(c1)c1cc(C(C)(C)C)cc3c1n2B1c2cccc4c2N(c2ccccc2[Si]4(C)C)c2cc4c(sc5ccccc54)c-3c21. The van der Waals surface area contributed by atoms with Gasteiger partial charge in [0.1, 0.15) is 8.07 Å². The Morgan fingerprint density at radius 2 is 1.35 bits per heavy atom. The van der Waals surface area contributed by atoms with Gasteiger partial charge in [-0.1, -0.05) is 115 Å². The highest BCUT2D eigenvalue weighted by atomic mass is 32.1. The van der Waals surface area contributed by atoms with Crippen LogP contribution in [0, 0.1) is 0 Å². The standard InChI is InChI=1S/C46H41BN2SSi/c1-45(2,3)26-20-21-34-29(22-26)30-23-27(46(4,5)6)24-32-40-41-36(25-31-28-14-9-11-17-37(28)50-44(31)40)48-35-16-10-12-18-38(35)51(7,8)39-19-13-15-33(43(39)48)47(41)49(34)42(30)32/h9-25H,1-8H3. The topological polar surface area (TPSA) is 8.17 Å². The molecule has 3 aliphatic rings. The zero-order valence-electron chi connectivity index (χ0n) is 30.7. The van der Waals surface area contributed by atoms with E-state index in [-0.39, 0.29) is 17.7 Å². The molecule has 248 valence electrons. The molecule has 0 fully saturated rings. The van der Waals surface area contributed by atoms with Gasteiger partial charge < -0.3 is 9.38 Å². The summed E-state index contributed by atoms with van der Waals surface area (Å²) in [5.74, 6) is 0. The predicted molar refractivity (Wildman–Crippen MR) is 227 cm³/mol. The first kappa shape index (κ1) is 30.1. The molecule has 0 amide bonds. The van der Waals surface area contributed by atoms with Crippen molar-refractivity contribution in [2.45, 2.75) is 65.5 Å². The van der Waals surface area contributed by atoms with Crippen LogP contribution in [-0.4, -0.2) is 19.4 Å². The summed E-state index contributed by atoms with van der Waals surface area (Å²) >= 11 is 1.98. The normalized spacial score (nSPS) is 15.5. The third-order valence-electron chi connectivity index (χ3n) is 12.4. The number of aromatic nitrogens is 1. The summed E-state index contributed by atoms with van der Waals surface area (Å²) in [6.07, 6.45) is 0. The molecule has 2 nitrogen and oxygen atoms in total. The Hall–Kier alpha value is -4.58. The zero-order chi connectivity index (χ0) is 34.9. The van der Waals surface area contributed by atoms with Crippen molar-refractivity contribution in [1.29, 1.82) is 0 Å². The molecule has 11 rings (SSSR count). The Kier molecular flexibility index (Phi) is 5.57. The average molecular weight is 693 g/mol. The summed E-state index contributed by atoms with van der Waals surface area (Å²) in [4.78, 5) is 2.68. The van der Waals surface area contributed by atoms with Gasteiger partial charge in [0.2, 0.25) is 0 Å². The fraction of sp³-hybridized carbons (Fsp3) is 0.217. The second-order valence-electron chi connectivity index (χ2n) is 17.8. The second kappa shape index (κ2) is 9.44. The lowest BCUT2D eigenvalue weighted by Gasteiger charge is -2.47. The first-order valence-electron chi connectivity index (χ1n) is 18.5. The van der Waals surface area contributed by atoms with E-state index in [2.05, 4.69) is 167 Å². The largest absolute Gasteiger partial charge is 0.375 e. The van der Waals surface area contributed by atoms with Crippen LogP contribution in [0.5, 0.6) is 0 Å². The quantitative estimate of drug-likeness (QED) is 0.144. The number of fused-ring (bicyclic) bond motifs is 13. The molecule has 51 heavy (non-hydrogen) atoms. The van der Waals surface area contributed by atoms with E-state index in [1.165, 1.54) is 103 Å². The van der Waals surface area contributed by atoms with Crippen molar-refractivity contribution >= 4 is 107 Å². The van der Waals surface area contributed by atoms with Crippen LogP contribution >= 0.6 is 11.3 Å². The van der Waals surface area contributed by atoms with Gasteiger partial charge in [0.25, 0.3) is 0 Å². The van der Waals surface area contributed by atoms with Crippen molar-refractivity contribution in [3.8, 4) is 11.1 Å². The van der Waals surface area contributed by atoms with Crippen molar-refractivity contribution < 1.29 is 0 Å². The molecule has 0 aliphatic carbocycles. The van der Waals surface area contributed by atoms with Gasteiger partial charge in [-0.25, -0.2) is 0 Å². The number of thiophene rings is 1. The molecular weight excluding hydrogens is 651 g/mol. The molecule has 0 bridgehead atoms. The van der Waals surface area contributed by atoms with Crippen molar-refractivity contribution in [2.75, 3.05) is 4.90 Å². The lowest BCUT2D eigenvalue weighted by Crippen LogP contribution is -2.65. The number of benzene rings is 6. The maximum Gasteiger partial charge on any atom is 0.333 e. The van der Waals surface area contributed by atoms with E-state index in [1.54, 1.807) is 0 Å². The molecule has 2 aromatic heterocycles. The minimum absolute atomic E-state index is 0.00472. The fourth-order valence-corrected chi connectivity index (χ4v) is 14.1. The van der Waals surface area contributed by atoms with Crippen LogP contribution in [0.1, 0.15) is 52.7 Å². The first-order chi connectivity index (χ1) is 24.3. The third-order valence-corrected chi connectivity index (χ3v) is 17.2. The van der Waals surface area contributed by atoms with Gasteiger partial charge in [0.15, 0.2) is 0 Å². The molecule has 0 atom stereocenters. The Balaban J connectivity index is 1.41. The van der Waals surface area contributed by atoms with Crippen molar-refractivity contribution in [3.63, 3.8) is 0 Å². The molecule has 3 aliphatic heterocycles. The Bertz CT molecular complexity index is 2880. The van der Waals surface area contributed by atoms with Crippen molar-refractivity contribution in [2.24, 2.45) is 0 Å². The molecule has 0 spiro atoms. The predicted octanol–water partition coefficient (Wildman–Crippen LogP) is 10.3. The van der Waals surface area contributed by atoms with Gasteiger partial charge in [-0.15, -0.1) is 11.3 Å². The maximum atomic E-state index is 2.76. The highest BCUT2D eigenvalue weighted by molar-refractivity contribution is 7.26. The summed E-state index contributed by atoms with van der Waals surface area (Å²) in [5, 5.41) is 8.55. The van der Waals surface area contributed by atoms with E-state index in [0.717, 1.165) is 0 Å². The Labute approximate surface area is 305 Å². The van der Waals surface area contributed by atoms with Crippen LogP contribution in [0.4, 0.5) is 17.1 Å². The zero-order valence-corrected chi connectivity index (χ0v) is 32.5. The lowest BCUT2D eigenvalue weighted by atomic mass is 9.45. The van der Waals surface area contributed by atoms with Crippen LogP contribution in [0.25, 0.3) is 53.1 Å². The molecule has 5 heteroatoms. The molecule has 0 saturated heterocycles. The fourth-order valence-electron chi connectivity index (χ4n) is 9.80. The van der Waals surface area contributed by atoms with E-state index in [9.17, 15) is 0 Å². The number of nitrogens with zero attached hydrogens (tertiary/aromatic N) is 2. The molecule has 0 N–H and O–H groups in total. The van der Waals surface area contributed by atoms with Gasteiger partial charge >= 0.3 is 6.85 Å². The summed E-state index contributed by atoms with van der Waals surface area (Å²) in [5.41, 5.74) is 15.4. The van der Waals surface area contributed by atoms with E-state index >= 15 is 0 Å². The van der Waals surface area contributed by atoms with Gasteiger partial charge in [-0.3, -0.25) is 0 Å². The summed E-state index contributed by atoms with van der Waals surface area (Å²) in [6, 6.07) is 40.6. The lowest BCUT2D eigenvalue weighted by molar-refractivity contribution is 0.590. The molecule has 8 aromatic rings. The summed E-state index contributed by atoms with van der Waals surface area (Å²) in [6.45, 7) is 19.3. The monoisotopic (exact) mass is 692 g/mol. The van der Waals surface area contributed by atoms with Gasteiger partial charge in [0.05, 0.1) is 0 Å². The highest BCUT2D eigenvalue weighted by Gasteiger charge is 2.49. The minimum atomic E-state index is -2.01. The van der Waals surface area contributed by atoms with E-state index < -0.39 is 8.07 Å². The molecule has 0 unspecified atom stereocenters. The highest BCUT2D eigenvalue weighted by Crippen LogP contribution is 2.52. The minimum Gasteiger partial charge on any atom is -0.375 e. The summed E-state index contributed by atoms with van der Waals surface area (Å²) in [7, 11) is -2.01. The van der Waals surface area contributed by atoms with E-state index in [4.69, 9.17) is 0 Å². The number of para-hydroxylation sites is 2. The number of hydrogen-bond donors (Lipinski definition) is 0. The van der Waals surface area contributed by atoms with Crippen LogP contribution in [0.15, 0.2) is 103 Å². The van der Waals surface area contributed by atoms with Crippen LogP contribution in [0.2, 0.25) is 13.1 Å². The Morgan fingerprint density at radius 1 is 0.627 bits per heavy atom. The Morgan fingerprint density at radius 3 is 2.16 bits per heavy atom. The number of anilines is 3. The van der Waals surface area contributed by atoms with Crippen molar-refractivity contribution in [1.82, 2.24) is 4.48 Å². The molecular formula is C46H41BN2SSi. The number of hydrogen-bond acceptors (Lipinski definition) is 2. The van der Waals surface area contributed by atoms with Gasteiger partial charge in [-0.2, -0.15) is 0 Å². The van der Waals surface area contributed by atoms with E-state index in [1.807, 2.05) is 11.3 Å². The smallest absolute Gasteiger partial charge is 0.333 e. The van der Waals surface area contributed by atoms with Crippen LogP contribution in [0.3, 0.4) is 0 Å². The molecule has 5 heterocycles. The molecule has 0 saturated carbocycles. The van der Waals surface area contributed by atoms with Gasteiger partial charge in [-0.05, 0) is 85.7 Å². The van der Waals surface area contributed by atoms with E-state index in [0.29, 0.717) is 0 Å². The average Bonchev–Trinajstić information content (AvgIpc) is 3.64. The van der Waals surface area contributed by atoms with Crippen LogP contribution in [-0.2, 0) is 10.8 Å². The maximum absolute atomic E-state index is 2.76. The van der Waals surface area contributed by atoms with Gasteiger partial charge in [0, 0.05) is 70.2 Å². The summed E-state index contributed by atoms with van der Waals surface area (Å²) < 4.78 is 5.53. The number of rotatable bonds is 0. The van der Waals surface area contributed by atoms with Crippen LogP contribution < -0.4 is 26.2 Å². The third kappa shape index (κ3) is 3.69. The second-order valence-corrected chi connectivity index (χ2v) is 23.2.